The smallest absolute Gasteiger partial charge is 0.171 e. The summed E-state index contributed by atoms with van der Waals surface area (Å²) in [7, 11) is -14.4. The first-order valence-electron chi connectivity index (χ1n) is 27.2. The Labute approximate surface area is 473 Å². The van der Waals surface area contributed by atoms with Crippen LogP contribution in [0.3, 0.4) is 0 Å². The molecule has 8 heteroatoms. The summed E-state index contributed by atoms with van der Waals surface area (Å²) < 4.78 is 67.1. The lowest BCUT2D eigenvalue weighted by Gasteiger charge is -2.33. The van der Waals surface area contributed by atoms with Crippen molar-refractivity contribution in [2.24, 2.45) is 0 Å². The fraction of sp³-hybridized carbons (Fsp3) is 0.0137. The van der Waals surface area contributed by atoms with Gasteiger partial charge < -0.3 is 18.3 Å². The van der Waals surface area contributed by atoms with Crippen LogP contribution in [0, 0.1) is 0 Å². The summed E-state index contributed by atoms with van der Waals surface area (Å²) in [6, 6.07) is 103. The first-order chi connectivity index (χ1) is 39.7. The Balaban J connectivity index is 1.15. The van der Waals surface area contributed by atoms with Crippen LogP contribution in [0.4, 0.5) is 0 Å². The number of hydrogen-bond donors (Lipinski definition) is 0. The predicted octanol–water partition coefficient (Wildman–Crippen LogP) is 12.6. The molecule has 2 aliphatic rings. The number of hydrogen-bond acceptors (Lipinski definition) is 4. The van der Waals surface area contributed by atoms with Gasteiger partial charge in [0.2, 0.25) is 0 Å². The molecule has 0 atom stereocenters. The lowest BCUT2D eigenvalue weighted by Crippen LogP contribution is -2.33. The van der Waals surface area contributed by atoms with E-state index in [1.807, 2.05) is 267 Å². The van der Waals surface area contributed by atoms with Gasteiger partial charge in [0.15, 0.2) is 28.6 Å². The third-order valence-electron chi connectivity index (χ3n) is 16.6. The molecular weight excluding hydrogens is 1060 g/mol. The molecule has 0 N–H and O–H groups in total. The zero-order valence-corrected chi connectivity index (χ0v) is 47.5. The van der Waals surface area contributed by atoms with E-state index in [-0.39, 0.29) is 0 Å². The molecule has 0 amide bonds. The highest BCUT2D eigenvalue weighted by molar-refractivity contribution is 7.86. The van der Waals surface area contributed by atoms with E-state index in [0.29, 0.717) is 63.7 Å². The highest BCUT2D eigenvalue weighted by Crippen LogP contribution is 2.64. The van der Waals surface area contributed by atoms with Gasteiger partial charge in [0.05, 0.1) is 5.41 Å². The van der Waals surface area contributed by atoms with E-state index < -0.39 is 34.0 Å². The normalized spacial score (nSPS) is 13.2. The van der Waals surface area contributed by atoms with Crippen molar-refractivity contribution in [3.63, 3.8) is 0 Å². The average molecular weight is 1120 g/mol. The van der Waals surface area contributed by atoms with Crippen molar-refractivity contribution in [3.8, 4) is 22.3 Å². The third kappa shape index (κ3) is 7.74. The van der Waals surface area contributed by atoms with Crippen LogP contribution in [0.25, 0.3) is 22.3 Å². The highest BCUT2D eigenvalue weighted by Gasteiger charge is 2.54. The molecule has 0 heterocycles. The van der Waals surface area contributed by atoms with E-state index in [0.717, 1.165) is 44.5 Å². The molecule has 0 aromatic heterocycles. The molecule has 4 nitrogen and oxygen atoms in total. The maximum absolute atomic E-state index is 16.8. The summed E-state index contributed by atoms with van der Waals surface area (Å²) in [6.07, 6.45) is 0. The number of fused-ring (bicyclic) bond motifs is 10. The van der Waals surface area contributed by atoms with Gasteiger partial charge in [-0.2, -0.15) is 0 Å². The second kappa shape index (κ2) is 20.0. The van der Waals surface area contributed by atoms with Crippen LogP contribution in [0.1, 0.15) is 22.3 Å². The van der Waals surface area contributed by atoms with Crippen LogP contribution in [0.15, 0.2) is 315 Å². The Morgan fingerprint density at radius 1 is 0.173 bits per heavy atom. The van der Waals surface area contributed by atoms with Gasteiger partial charge >= 0.3 is 0 Å². The molecule has 14 rings (SSSR count). The number of benzene rings is 12. The largest absolute Gasteiger partial charge is 0.309 e. The van der Waals surface area contributed by atoms with Gasteiger partial charge in [-0.3, -0.25) is 0 Å². The topological polar surface area (TPSA) is 68.3 Å². The first-order valence-corrected chi connectivity index (χ1v) is 34.0. The van der Waals surface area contributed by atoms with Crippen molar-refractivity contribution in [1.29, 1.82) is 0 Å². The molecule has 0 saturated heterocycles. The molecule has 81 heavy (non-hydrogen) atoms. The summed E-state index contributed by atoms with van der Waals surface area (Å²) in [5.41, 5.74) is 5.87. The standard InChI is InChI=1S/C73H52O4P4/c74-78(53-25-9-1-10-26-53,54-27-11-2-12-28-54)61-41-45-65-66-46-42-62(79(75,55-29-13-3-14-30-55)56-31-15-4-16-32-56)50-70(66)73(69(65)49-61)71-51-63(80(76,57-33-17-5-18-34-57)58-35-19-6-20-36-58)43-47-67(71)68-48-44-64(52-72(68)73)81(77,59-37-21-7-22-38-59)60-39-23-8-24-40-60/h1-52H. The molecule has 0 fully saturated rings. The van der Waals surface area contributed by atoms with Gasteiger partial charge in [0, 0.05) is 63.7 Å². The van der Waals surface area contributed by atoms with E-state index in [9.17, 15) is 0 Å². The number of rotatable bonds is 12. The predicted molar refractivity (Wildman–Crippen MR) is 340 cm³/mol. The van der Waals surface area contributed by atoms with Gasteiger partial charge in [-0.15, -0.1) is 0 Å². The minimum absolute atomic E-state index is 0.645. The minimum Gasteiger partial charge on any atom is -0.309 e. The second-order valence-electron chi connectivity index (χ2n) is 20.8. The average Bonchev–Trinajstić information content (AvgIpc) is 4.24. The Hall–Kier alpha value is -8.44. The van der Waals surface area contributed by atoms with E-state index in [4.69, 9.17) is 0 Å². The molecule has 388 valence electrons. The lowest BCUT2D eigenvalue weighted by molar-refractivity contribution is 0.591. The van der Waals surface area contributed by atoms with E-state index in [1.54, 1.807) is 0 Å². The molecule has 0 radical (unpaired) electrons. The quantitative estimate of drug-likeness (QED) is 0.114. The van der Waals surface area contributed by atoms with Crippen molar-refractivity contribution >= 4 is 92.2 Å². The van der Waals surface area contributed by atoms with E-state index in [2.05, 4.69) is 48.5 Å². The van der Waals surface area contributed by atoms with Crippen molar-refractivity contribution in [3.05, 3.63) is 338 Å². The fourth-order valence-electron chi connectivity index (χ4n) is 12.9. The zero-order valence-electron chi connectivity index (χ0n) is 43.9. The van der Waals surface area contributed by atoms with E-state index in [1.165, 1.54) is 0 Å². The SMILES string of the molecule is O=P(c1ccccc1)(c1ccccc1)c1ccc2c(c1)C1(c3cc(P(=O)(c4ccccc4)c4ccccc4)ccc3-2)c2cc(P(=O)(c3ccccc3)c3ccccc3)ccc2-c2ccc(P(=O)(c3ccccc3)c3ccccc3)cc21. The van der Waals surface area contributed by atoms with Gasteiger partial charge in [-0.25, -0.2) is 0 Å². The van der Waals surface area contributed by atoms with Crippen LogP contribution < -0.4 is 63.7 Å². The van der Waals surface area contributed by atoms with Crippen molar-refractivity contribution in [2.45, 2.75) is 5.41 Å². The van der Waals surface area contributed by atoms with Gasteiger partial charge in [-0.05, 0) is 68.8 Å². The van der Waals surface area contributed by atoms with Crippen LogP contribution >= 0.6 is 28.6 Å². The Kier molecular flexibility index (Phi) is 12.5. The summed E-state index contributed by atoms with van der Waals surface area (Å²) in [5, 5.41) is 8.17. The summed E-state index contributed by atoms with van der Waals surface area (Å²) in [6.45, 7) is 0. The van der Waals surface area contributed by atoms with E-state index >= 15 is 18.3 Å². The van der Waals surface area contributed by atoms with Crippen molar-refractivity contribution in [2.75, 3.05) is 0 Å². The van der Waals surface area contributed by atoms with Gasteiger partial charge in [0.25, 0.3) is 0 Å². The molecule has 0 bridgehead atoms. The molecule has 12 aromatic rings. The van der Waals surface area contributed by atoms with Gasteiger partial charge in [-0.1, -0.05) is 291 Å². The summed E-state index contributed by atoms with van der Waals surface area (Å²) >= 11 is 0. The van der Waals surface area contributed by atoms with Crippen LogP contribution in [-0.4, -0.2) is 0 Å². The molecule has 0 unspecified atom stereocenters. The second-order valence-corrected chi connectivity index (χ2v) is 31.9. The van der Waals surface area contributed by atoms with Gasteiger partial charge in [0.1, 0.15) is 0 Å². The molecule has 0 saturated carbocycles. The first kappa shape index (κ1) is 50.8. The minimum atomic E-state index is -3.61. The zero-order chi connectivity index (χ0) is 54.8. The molecular formula is C73H52O4P4. The Morgan fingerprint density at radius 3 is 0.469 bits per heavy atom. The van der Waals surface area contributed by atoms with Crippen molar-refractivity contribution in [1.82, 2.24) is 0 Å². The molecule has 1 spiro atoms. The lowest BCUT2D eigenvalue weighted by atomic mass is 9.70. The molecule has 2 aliphatic carbocycles. The monoisotopic (exact) mass is 1120 g/mol. The van der Waals surface area contributed by atoms with Crippen LogP contribution in [-0.2, 0) is 23.7 Å². The molecule has 12 aromatic carbocycles. The Morgan fingerprint density at radius 2 is 0.321 bits per heavy atom. The summed E-state index contributed by atoms with van der Waals surface area (Å²) in [5.74, 6) is 0. The molecule has 0 aliphatic heterocycles. The maximum Gasteiger partial charge on any atom is 0.171 e. The maximum atomic E-state index is 16.8. The third-order valence-corrected chi connectivity index (χ3v) is 28.8. The summed E-state index contributed by atoms with van der Waals surface area (Å²) in [4.78, 5) is 0. The fourth-order valence-corrected chi connectivity index (χ4v) is 23.6. The Bertz CT molecular complexity index is 3790. The van der Waals surface area contributed by atoms with Crippen molar-refractivity contribution < 1.29 is 18.3 Å². The van der Waals surface area contributed by atoms with Crippen LogP contribution in [0.2, 0.25) is 0 Å². The van der Waals surface area contributed by atoms with Crippen LogP contribution in [0.5, 0.6) is 0 Å². The highest BCUT2D eigenvalue weighted by atomic mass is 31.2.